The molecule has 158 valence electrons. The van der Waals surface area contributed by atoms with E-state index >= 15 is 0 Å². The maximum Gasteiger partial charge on any atom is 0.295 e. The summed E-state index contributed by atoms with van der Waals surface area (Å²) in [6.07, 6.45) is 1.36. The van der Waals surface area contributed by atoms with Crippen molar-refractivity contribution in [2.45, 2.75) is 6.61 Å². The summed E-state index contributed by atoms with van der Waals surface area (Å²) in [5, 5.41) is 13.5. The third-order valence-corrected chi connectivity index (χ3v) is 4.45. The van der Waals surface area contributed by atoms with E-state index < -0.39 is 16.4 Å². The lowest BCUT2D eigenvalue weighted by Crippen LogP contribution is -2.32. The van der Waals surface area contributed by atoms with Gasteiger partial charge in [0.25, 0.3) is 17.2 Å². The predicted octanol–water partition coefficient (Wildman–Crippen LogP) is 2.41. The second-order valence-corrected chi connectivity index (χ2v) is 6.57. The van der Waals surface area contributed by atoms with Crippen molar-refractivity contribution in [2.75, 3.05) is 18.5 Å². The zero-order valence-corrected chi connectivity index (χ0v) is 16.1. The van der Waals surface area contributed by atoms with Gasteiger partial charge in [-0.05, 0) is 29.8 Å². The summed E-state index contributed by atoms with van der Waals surface area (Å²) in [6.45, 7) is 0.781. The second-order valence-electron chi connectivity index (χ2n) is 6.57. The van der Waals surface area contributed by atoms with Crippen molar-refractivity contribution < 1.29 is 24.0 Å². The van der Waals surface area contributed by atoms with Gasteiger partial charge >= 0.3 is 0 Å². The Balaban J connectivity index is 1.48. The van der Waals surface area contributed by atoms with Crippen molar-refractivity contribution >= 4 is 17.3 Å². The highest BCUT2D eigenvalue weighted by Crippen LogP contribution is 2.32. The molecule has 0 fully saturated rings. The van der Waals surface area contributed by atoms with Crippen LogP contribution in [-0.2, 0) is 6.61 Å². The fraction of sp³-hybridized carbons (Fsp3) is 0.143. The molecule has 1 N–H and O–H groups in total. The van der Waals surface area contributed by atoms with E-state index in [2.05, 4.69) is 5.32 Å². The monoisotopic (exact) mass is 423 g/mol. The molecular formula is C21H17N3O7. The first-order valence-corrected chi connectivity index (χ1v) is 9.30. The van der Waals surface area contributed by atoms with E-state index in [1.54, 1.807) is 24.3 Å². The summed E-state index contributed by atoms with van der Waals surface area (Å²) in [7, 11) is 0. The van der Waals surface area contributed by atoms with Gasteiger partial charge < -0.3 is 19.6 Å². The van der Waals surface area contributed by atoms with Crippen LogP contribution in [0.3, 0.4) is 0 Å². The lowest BCUT2D eigenvalue weighted by Gasteiger charge is -2.19. The SMILES string of the molecule is O=C(Nc1ccc2c(c1)OCCO2)c1cccn(OCc2cccc([N+](=O)[O-])c2)c1=O. The summed E-state index contributed by atoms with van der Waals surface area (Å²) >= 11 is 0. The summed E-state index contributed by atoms with van der Waals surface area (Å²) in [5.74, 6) is 0.477. The molecule has 0 spiro atoms. The third-order valence-electron chi connectivity index (χ3n) is 4.45. The van der Waals surface area contributed by atoms with Crippen LogP contribution in [-0.4, -0.2) is 28.8 Å². The molecule has 2 aromatic carbocycles. The average Bonchev–Trinajstić information content (AvgIpc) is 2.78. The number of hydrogen-bond acceptors (Lipinski definition) is 7. The molecule has 1 aliphatic rings. The zero-order valence-electron chi connectivity index (χ0n) is 16.1. The number of hydrogen-bond donors (Lipinski definition) is 1. The molecule has 0 unspecified atom stereocenters. The third kappa shape index (κ3) is 4.47. The summed E-state index contributed by atoms with van der Waals surface area (Å²) in [6, 6.07) is 13.7. The van der Waals surface area contributed by atoms with Crippen molar-refractivity contribution in [3.63, 3.8) is 0 Å². The molecule has 0 saturated heterocycles. The van der Waals surface area contributed by atoms with Gasteiger partial charge in [0.05, 0.1) is 4.92 Å². The molecule has 1 amide bonds. The van der Waals surface area contributed by atoms with Crippen molar-refractivity contribution in [3.05, 3.63) is 92.4 Å². The molecule has 3 aromatic rings. The molecule has 4 rings (SSSR count). The number of nitrogens with one attached hydrogen (secondary N) is 1. The molecule has 10 heteroatoms. The largest absolute Gasteiger partial charge is 0.486 e. The van der Waals surface area contributed by atoms with Crippen LogP contribution in [0.25, 0.3) is 0 Å². The topological polar surface area (TPSA) is 122 Å². The number of carbonyl (C=O) groups is 1. The zero-order chi connectivity index (χ0) is 21.8. The smallest absolute Gasteiger partial charge is 0.295 e. The predicted molar refractivity (Wildman–Crippen MR) is 109 cm³/mol. The second kappa shape index (κ2) is 8.57. The number of carbonyl (C=O) groups excluding carboxylic acids is 1. The minimum atomic E-state index is -0.664. The molecule has 0 radical (unpaired) electrons. The van der Waals surface area contributed by atoms with Gasteiger partial charge in [0.1, 0.15) is 25.4 Å². The lowest BCUT2D eigenvalue weighted by atomic mass is 10.2. The Kier molecular flexibility index (Phi) is 5.52. The van der Waals surface area contributed by atoms with Crippen LogP contribution in [0.1, 0.15) is 15.9 Å². The Hall–Kier alpha value is -4.34. The lowest BCUT2D eigenvalue weighted by molar-refractivity contribution is -0.384. The number of anilines is 1. The number of rotatable bonds is 6. The number of pyridine rings is 1. The van der Waals surface area contributed by atoms with Crippen LogP contribution in [0.15, 0.2) is 65.6 Å². The fourth-order valence-electron chi connectivity index (χ4n) is 2.97. The Morgan fingerprint density at radius 2 is 1.90 bits per heavy atom. The molecule has 0 saturated carbocycles. The molecule has 0 aliphatic carbocycles. The number of non-ortho nitro benzene ring substituents is 1. The van der Waals surface area contributed by atoms with Crippen molar-refractivity contribution in [1.29, 1.82) is 0 Å². The van der Waals surface area contributed by atoms with Gasteiger partial charge in [-0.3, -0.25) is 19.7 Å². The van der Waals surface area contributed by atoms with E-state index in [1.165, 1.54) is 36.5 Å². The van der Waals surface area contributed by atoms with Gasteiger partial charge in [-0.15, -0.1) is 0 Å². The molecule has 10 nitrogen and oxygen atoms in total. The minimum Gasteiger partial charge on any atom is -0.486 e. The van der Waals surface area contributed by atoms with E-state index in [9.17, 15) is 19.7 Å². The normalized spacial score (nSPS) is 12.1. The number of ether oxygens (including phenoxy) is 2. The van der Waals surface area contributed by atoms with E-state index in [-0.39, 0.29) is 17.9 Å². The number of aromatic nitrogens is 1. The first-order chi connectivity index (χ1) is 15.0. The Bertz CT molecular complexity index is 1210. The molecule has 1 aliphatic heterocycles. The molecule has 1 aromatic heterocycles. The van der Waals surface area contributed by atoms with Gasteiger partial charge in [0, 0.05) is 30.1 Å². The number of benzene rings is 2. The minimum absolute atomic E-state index is 0.0824. The molecule has 2 heterocycles. The maximum atomic E-state index is 12.7. The fourth-order valence-corrected chi connectivity index (χ4v) is 2.97. The van der Waals surface area contributed by atoms with Crippen LogP contribution < -0.4 is 25.2 Å². The highest BCUT2D eigenvalue weighted by atomic mass is 16.7. The van der Waals surface area contributed by atoms with E-state index in [0.717, 1.165) is 4.73 Å². The van der Waals surface area contributed by atoms with Gasteiger partial charge in [-0.1, -0.05) is 12.1 Å². The number of fused-ring (bicyclic) bond motifs is 1. The van der Waals surface area contributed by atoms with E-state index in [4.69, 9.17) is 14.3 Å². The number of nitro benzene ring substituents is 1. The first-order valence-electron chi connectivity index (χ1n) is 9.30. The van der Waals surface area contributed by atoms with Crippen LogP contribution in [0, 0.1) is 10.1 Å². The van der Waals surface area contributed by atoms with Crippen LogP contribution in [0.5, 0.6) is 11.5 Å². The highest BCUT2D eigenvalue weighted by molar-refractivity contribution is 6.04. The van der Waals surface area contributed by atoms with Gasteiger partial charge in [0.15, 0.2) is 11.5 Å². The first kappa shape index (κ1) is 20.0. The summed E-state index contributed by atoms with van der Waals surface area (Å²) in [5.41, 5.74) is 0.0780. The average molecular weight is 423 g/mol. The van der Waals surface area contributed by atoms with Crippen LogP contribution in [0.2, 0.25) is 0 Å². The Morgan fingerprint density at radius 1 is 1.10 bits per heavy atom. The molecule has 0 bridgehead atoms. The standard InChI is InChI=1S/C21H17N3O7/c25-20(22-15-6-7-18-19(12-15)30-10-9-29-18)17-5-2-8-23(21(17)26)31-13-14-3-1-4-16(11-14)24(27)28/h1-8,11-12H,9-10,13H2,(H,22,25). The summed E-state index contributed by atoms with van der Waals surface area (Å²) < 4.78 is 11.8. The molecule has 31 heavy (non-hydrogen) atoms. The Morgan fingerprint density at radius 3 is 2.71 bits per heavy atom. The van der Waals surface area contributed by atoms with Crippen molar-refractivity contribution in [3.8, 4) is 11.5 Å². The number of nitro groups is 1. The van der Waals surface area contributed by atoms with Crippen molar-refractivity contribution in [2.24, 2.45) is 0 Å². The number of nitrogens with zero attached hydrogens (tertiary/aromatic N) is 2. The Labute approximate surface area is 175 Å². The van der Waals surface area contributed by atoms with E-state index in [1.807, 2.05) is 0 Å². The van der Waals surface area contributed by atoms with Crippen LogP contribution in [0.4, 0.5) is 11.4 Å². The van der Waals surface area contributed by atoms with E-state index in [0.29, 0.717) is 36.0 Å². The van der Waals surface area contributed by atoms with Gasteiger partial charge in [-0.25, -0.2) is 0 Å². The maximum absolute atomic E-state index is 12.7. The van der Waals surface area contributed by atoms with Crippen LogP contribution >= 0.6 is 0 Å². The molecular weight excluding hydrogens is 406 g/mol. The summed E-state index contributed by atoms with van der Waals surface area (Å²) in [4.78, 5) is 41.1. The molecule has 0 atom stereocenters. The van der Waals surface area contributed by atoms with Gasteiger partial charge in [-0.2, -0.15) is 4.73 Å². The van der Waals surface area contributed by atoms with Crippen molar-refractivity contribution in [1.82, 2.24) is 4.73 Å². The number of amides is 1. The highest BCUT2D eigenvalue weighted by Gasteiger charge is 2.16. The van der Waals surface area contributed by atoms with Gasteiger partial charge in [0.2, 0.25) is 0 Å². The quantitative estimate of drug-likeness (QED) is 0.477.